The lowest BCUT2D eigenvalue weighted by molar-refractivity contribution is -0.211. The largest absolute Gasteiger partial charge is 0.482 e. The van der Waals surface area contributed by atoms with Crippen LogP contribution in [0.25, 0.3) is 11.3 Å². The molecule has 3 aromatic rings. The maximum absolute atomic E-state index is 13.6. The molecule has 13 nitrogen and oxygen atoms in total. The smallest absolute Gasteiger partial charge is 0.347 e. The maximum atomic E-state index is 13.6. The summed E-state index contributed by atoms with van der Waals surface area (Å²) in [7, 11) is 0. The minimum absolute atomic E-state index is 0.0488. The van der Waals surface area contributed by atoms with Crippen LogP contribution in [0.4, 0.5) is 0 Å². The van der Waals surface area contributed by atoms with Crippen LogP contribution in [0.3, 0.4) is 0 Å². The molecule has 3 heterocycles. The maximum Gasteiger partial charge on any atom is 0.347 e. The van der Waals surface area contributed by atoms with E-state index in [0.717, 1.165) is 0 Å². The third kappa shape index (κ3) is 6.78. The number of carbonyl (C=O) groups is 4. The summed E-state index contributed by atoms with van der Waals surface area (Å²) in [6.07, 6.45) is 0.928. The fourth-order valence-electron chi connectivity index (χ4n) is 6.51. The fourth-order valence-corrected chi connectivity index (χ4v) is 6.51. The van der Waals surface area contributed by atoms with Gasteiger partial charge >= 0.3 is 29.5 Å². The van der Waals surface area contributed by atoms with Crippen LogP contribution in [0.1, 0.15) is 75.0 Å². The fraction of sp³-hybridized carbons (Fsp3) is 0.400. The summed E-state index contributed by atoms with van der Waals surface area (Å²) in [6, 6.07) is 12.7. The number of esters is 4. The normalized spacial score (nSPS) is 23.8. The van der Waals surface area contributed by atoms with Crippen molar-refractivity contribution < 1.29 is 47.3 Å². The molecular weight excluding hydrogens is 624 g/mol. The number of carbonyl (C=O) groups excluding carboxylic acids is 4. The van der Waals surface area contributed by atoms with Gasteiger partial charge in [-0.2, -0.15) is 5.26 Å². The molecule has 1 aliphatic heterocycles. The summed E-state index contributed by atoms with van der Waals surface area (Å²) in [6.45, 7) is 6.60. The molecule has 13 heteroatoms. The number of nitriles is 1. The van der Waals surface area contributed by atoms with Gasteiger partial charge in [-0.25, -0.2) is 9.59 Å². The lowest BCUT2D eigenvalue weighted by Crippen LogP contribution is -2.63. The molecule has 6 atom stereocenters. The lowest BCUT2D eigenvalue weighted by atomic mass is 9.62. The summed E-state index contributed by atoms with van der Waals surface area (Å²) in [5.41, 5.74) is -2.70. The van der Waals surface area contributed by atoms with Gasteiger partial charge in [-0.15, -0.1) is 0 Å². The van der Waals surface area contributed by atoms with E-state index in [1.54, 1.807) is 32.2 Å². The molecule has 2 aliphatic rings. The molecule has 0 N–H and O–H groups in total. The van der Waals surface area contributed by atoms with E-state index in [9.17, 15) is 29.2 Å². The third-order valence-corrected chi connectivity index (χ3v) is 8.88. The molecule has 1 fully saturated rings. The zero-order valence-corrected chi connectivity index (χ0v) is 27.0. The van der Waals surface area contributed by atoms with Crippen molar-refractivity contribution in [2.45, 2.75) is 70.9 Å². The molecule has 0 bridgehead atoms. The van der Waals surface area contributed by atoms with Gasteiger partial charge in [0.2, 0.25) is 0 Å². The second-order valence-corrected chi connectivity index (χ2v) is 12.3. The van der Waals surface area contributed by atoms with Crippen LogP contribution in [0.15, 0.2) is 64.1 Å². The Labute approximate surface area is 275 Å². The van der Waals surface area contributed by atoms with E-state index >= 15 is 0 Å². The Morgan fingerprint density at radius 2 is 1.77 bits per heavy atom. The first kappa shape index (κ1) is 33.8. The van der Waals surface area contributed by atoms with E-state index in [1.165, 1.54) is 57.3 Å². The zero-order chi connectivity index (χ0) is 34.8. The number of rotatable bonds is 8. The lowest BCUT2D eigenvalue weighted by Gasteiger charge is -2.55. The Morgan fingerprint density at radius 3 is 2.38 bits per heavy atom. The topological polar surface area (TPSA) is 181 Å². The summed E-state index contributed by atoms with van der Waals surface area (Å²) in [5.74, 6) is -3.98. The predicted octanol–water partition coefficient (Wildman–Crippen LogP) is 4.47. The van der Waals surface area contributed by atoms with Crippen LogP contribution in [0.5, 0.6) is 5.75 Å². The highest BCUT2D eigenvalue weighted by Gasteiger charge is 2.62. The van der Waals surface area contributed by atoms with Crippen LogP contribution >= 0.6 is 0 Å². The highest BCUT2D eigenvalue weighted by atomic mass is 16.6. The van der Waals surface area contributed by atoms with E-state index < -0.39 is 64.7 Å². The second kappa shape index (κ2) is 13.3. The highest BCUT2D eigenvalue weighted by Crippen LogP contribution is 2.55. The highest BCUT2D eigenvalue weighted by molar-refractivity contribution is 5.89. The quantitative estimate of drug-likeness (QED) is 0.245. The summed E-state index contributed by atoms with van der Waals surface area (Å²) < 4.78 is 35.3. The first-order chi connectivity index (χ1) is 22.7. The third-order valence-electron chi connectivity index (χ3n) is 8.88. The van der Waals surface area contributed by atoms with Crippen LogP contribution in [0, 0.1) is 23.2 Å². The molecule has 1 saturated carbocycles. The molecule has 0 amide bonds. The number of aromatic nitrogens is 1. The minimum Gasteiger partial charge on any atom is -0.482 e. The second-order valence-electron chi connectivity index (χ2n) is 12.3. The van der Waals surface area contributed by atoms with Crippen molar-refractivity contribution in [2.24, 2.45) is 11.8 Å². The van der Waals surface area contributed by atoms with E-state index in [1.807, 2.05) is 6.07 Å². The Morgan fingerprint density at radius 1 is 1.04 bits per heavy atom. The van der Waals surface area contributed by atoms with Crippen LogP contribution in [0.2, 0.25) is 0 Å². The van der Waals surface area contributed by atoms with E-state index in [2.05, 4.69) is 4.98 Å². The van der Waals surface area contributed by atoms with Gasteiger partial charge in [-0.3, -0.25) is 19.4 Å². The van der Waals surface area contributed by atoms with Crippen molar-refractivity contribution in [3.63, 3.8) is 0 Å². The summed E-state index contributed by atoms with van der Waals surface area (Å²) >= 11 is 0. The number of hydrogen-bond donors (Lipinski definition) is 0. The van der Waals surface area contributed by atoms with Gasteiger partial charge < -0.3 is 28.1 Å². The summed E-state index contributed by atoms with van der Waals surface area (Å²) in [5, 5.41) is 9.20. The number of pyridine rings is 1. The molecule has 0 radical (unpaired) electrons. The Hall–Kier alpha value is -5.51. The SMILES string of the molecule is CC(=O)OCC(C)(OC(C)=O)[C@@H]1C[C@H](OC(=O)c2ccc(C#N)cc2)[C@@]2(C)Oc3cc(-c4cccnc4)oc(=O)c3[C@@H](OC(C)=O)[C@@H]2C1. The number of ether oxygens (including phenoxy) is 5. The van der Waals surface area contributed by atoms with Gasteiger partial charge in [0.05, 0.1) is 17.2 Å². The molecule has 1 aromatic carbocycles. The Balaban J connectivity index is 1.65. The van der Waals surface area contributed by atoms with E-state index in [-0.39, 0.29) is 42.1 Å². The van der Waals surface area contributed by atoms with Crippen molar-refractivity contribution in [3.8, 4) is 23.1 Å². The standard InChI is InChI=1S/C35H34N2O11/c1-19(38)43-18-34(4,47-21(3)40)25-13-26-31(44-20(2)39)30-28(15-27(45-33(30)42)24-7-6-12-37-17-24)48-35(26,5)29(14-25)46-32(41)23-10-8-22(16-36)9-11-23/h6-12,15,17,25-26,29,31H,13-14,18H2,1-5H3/t25-,26-,29-,31-,34?,35-/m0/s1. The Kier molecular flexibility index (Phi) is 9.38. The van der Waals surface area contributed by atoms with Crippen molar-refractivity contribution >= 4 is 23.9 Å². The summed E-state index contributed by atoms with van der Waals surface area (Å²) in [4.78, 5) is 68.1. The van der Waals surface area contributed by atoms with Crippen LogP contribution < -0.4 is 10.4 Å². The van der Waals surface area contributed by atoms with Crippen molar-refractivity contribution in [1.29, 1.82) is 5.26 Å². The average molecular weight is 659 g/mol. The van der Waals surface area contributed by atoms with Crippen LogP contribution in [-0.4, -0.2) is 52.8 Å². The number of fused-ring (bicyclic) bond motifs is 2. The zero-order valence-electron chi connectivity index (χ0n) is 27.0. The van der Waals surface area contributed by atoms with Crippen molar-refractivity contribution in [1.82, 2.24) is 4.98 Å². The van der Waals surface area contributed by atoms with Gasteiger partial charge in [-0.05, 0) is 63.1 Å². The van der Waals surface area contributed by atoms with E-state index in [4.69, 9.17) is 28.1 Å². The van der Waals surface area contributed by atoms with Gasteiger partial charge in [0, 0.05) is 56.6 Å². The predicted molar refractivity (Wildman–Crippen MR) is 165 cm³/mol. The molecule has 48 heavy (non-hydrogen) atoms. The van der Waals surface area contributed by atoms with Gasteiger partial charge in [-0.1, -0.05) is 0 Å². The van der Waals surface area contributed by atoms with Gasteiger partial charge in [0.1, 0.15) is 47.1 Å². The first-order valence-electron chi connectivity index (χ1n) is 15.2. The van der Waals surface area contributed by atoms with Crippen LogP contribution in [-0.2, 0) is 33.3 Å². The Bertz CT molecular complexity index is 1830. The van der Waals surface area contributed by atoms with Crippen molar-refractivity contribution in [3.05, 3.63) is 82.0 Å². The molecular formula is C35H34N2O11. The van der Waals surface area contributed by atoms with Gasteiger partial charge in [0.15, 0.2) is 0 Å². The average Bonchev–Trinajstić information content (AvgIpc) is 3.03. The van der Waals surface area contributed by atoms with Gasteiger partial charge in [0.25, 0.3) is 0 Å². The number of nitrogens with zero attached hydrogens (tertiary/aromatic N) is 2. The first-order valence-corrected chi connectivity index (χ1v) is 15.2. The molecule has 1 aliphatic carbocycles. The minimum atomic E-state index is -1.42. The molecule has 1 unspecified atom stereocenters. The van der Waals surface area contributed by atoms with Crippen molar-refractivity contribution in [2.75, 3.05) is 6.61 Å². The molecule has 0 saturated heterocycles. The van der Waals surface area contributed by atoms with E-state index in [0.29, 0.717) is 11.1 Å². The molecule has 5 rings (SSSR count). The number of hydrogen-bond acceptors (Lipinski definition) is 13. The number of benzene rings is 1. The molecule has 250 valence electrons. The molecule has 2 aromatic heterocycles. The monoisotopic (exact) mass is 658 g/mol. The molecule has 0 spiro atoms.